The summed E-state index contributed by atoms with van der Waals surface area (Å²) in [6, 6.07) is 56.4. The van der Waals surface area contributed by atoms with Crippen LogP contribution in [-0.4, -0.2) is 19.5 Å². The number of benzene rings is 7. The number of hydrogen-bond donors (Lipinski definition) is 0. The van der Waals surface area contributed by atoms with E-state index in [0.29, 0.717) is 17.5 Å². The lowest BCUT2D eigenvalue weighted by atomic mass is 9.94. The summed E-state index contributed by atoms with van der Waals surface area (Å²) in [5.41, 5.74) is 17.4. The molecule has 0 bridgehead atoms. The molecule has 0 atom stereocenters. The van der Waals surface area contributed by atoms with Crippen LogP contribution in [0.4, 0.5) is 0 Å². The standard InChI is InChI=1S/C47H30N4/c1-3-11-29(12-4-1)45-48-46(30-13-5-2-6-14-30)50-47(49-45)34-17-9-16-31(23-34)32-21-22-33-24-36-26-43-42(27-41(36)40(33)25-32)39-20-10-19-38-37-18-8-7-15-35(37)28-51(43)44(38)39/h1-23,25-27H,24,28H2. The molecule has 51 heavy (non-hydrogen) atoms. The summed E-state index contributed by atoms with van der Waals surface area (Å²) >= 11 is 0. The molecule has 0 fully saturated rings. The molecule has 238 valence electrons. The largest absolute Gasteiger partial charge is 0.335 e. The van der Waals surface area contributed by atoms with Crippen LogP contribution in [0.5, 0.6) is 0 Å². The third kappa shape index (κ3) is 4.43. The van der Waals surface area contributed by atoms with E-state index in [0.717, 1.165) is 35.2 Å². The average molecular weight is 651 g/mol. The summed E-state index contributed by atoms with van der Waals surface area (Å²) in [5.74, 6) is 1.99. The van der Waals surface area contributed by atoms with Crippen LogP contribution in [0.2, 0.25) is 0 Å². The van der Waals surface area contributed by atoms with Crippen molar-refractivity contribution in [2.45, 2.75) is 13.0 Å². The highest BCUT2D eigenvalue weighted by atomic mass is 15.0. The maximum atomic E-state index is 4.98. The Bertz CT molecular complexity index is 2790. The Hall–Kier alpha value is -6.65. The molecule has 0 saturated carbocycles. The molecular weight excluding hydrogens is 621 g/mol. The van der Waals surface area contributed by atoms with Gasteiger partial charge in [-0.25, -0.2) is 15.0 Å². The lowest BCUT2D eigenvalue weighted by Gasteiger charge is -2.20. The Kier molecular flexibility index (Phi) is 6.05. The summed E-state index contributed by atoms with van der Waals surface area (Å²) in [5, 5.41) is 2.66. The molecule has 2 aromatic heterocycles. The van der Waals surface area contributed by atoms with Gasteiger partial charge in [0, 0.05) is 45.1 Å². The number of aromatic nitrogens is 4. The van der Waals surface area contributed by atoms with Gasteiger partial charge in [-0.15, -0.1) is 0 Å². The molecule has 1 aliphatic carbocycles. The van der Waals surface area contributed by atoms with Crippen LogP contribution < -0.4 is 0 Å². The van der Waals surface area contributed by atoms with Crippen LogP contribution in [0, 0.1) is 0 Å². The highest BCUT2D eigenvalue weighted by Crippen LogP contribution is 2.46. The maximum absolute atomic E-state index is 4.98. The van der Waals surface area contributed by atoms with E-state index in [9.17, 15) is 0 Å². The van der Waals surface area contributed by atoms with E-state index < -0.39 is 0 Å². The predicted octanol–water partition coefficient (Wildman–Crippen LogP) is 11.2. The van der Waals surface area contributed by atoms with Crippen molar-refractivity contribution in [1.29, 1.82) is 0 Å². The van der Waals surface area contributed by atoms with E-state index in [-0.39, 0.29) is 0 Å². The molecule has 11 rings (SSSR count). The second-order valence-corrected chi connectivity index (χ2v) is 13.6. The summed E-state index contributed by atoms with van der Waals surface area (Å²) in [6.45, 7) is 0.903. The van der Waals surface area contributed by atoms with Crippen molar-refractivity contribution >= 4 is 21.8 Å². The van der Waals surface area contributed by atoms with Gasteiger partial charge < -0.3 is 4.57 Å². The molecule has 3 heterocycles. The Morgan fingerprint density at radius 3 is 1.76 bits per heavy atom. The first-order chi connectivity index (χ1) is 25.2. The summed E-state index contributed by atoms with van der Waals surface area (Å²) in [7, 11) is 0. The van der Waals surface area contributed by atoms with Crippen molar-refractivity contribution in [2.75, 3.05) is 0 Å². The van der Waals surface area contributed by atoms with Gasteiger partial charge in [-0.05, 0) is 75.2 Å². The zero-order valence-corrected chi connectivity index (χ0v) is 27.7. The van der Waals surface area contributed by atoms with Crippen LogP contribution in [-0.2, 0) is 13.0 Å². The number of fused-ring (bicyclic) bond motifs is 8. The first kappa shape index (κ1) is 28.2. The van der Waals surface area contributed by atoms with Crippen LogP contribution in [0.15, 0.2) is 158 Å². The van der Waals surface area contributed by atoms with Gasteiger partial charge in [-0.3, -0.25) is 0 Å². The van der Waals surface area contributed by atoms with E-state index in [2.05, 4.69) is 102 Å². The lowest BCUT2D eigenvalue weighted by molar-refractivity contribution is 0.860. The summed E-state index contributed by atoms with van der Waals surface area (Å²) < 4.78 is 2.54. The molecule has 0 spiro atoms. The quantitative estimate of drug-likeness (QED) is 0.190. The van der Waals surface area contributed by atoms with Gasteiger partial charge in [0.05, 0.1) is 5.52 Å². The first-order valence-corrected chi connectivity index (χ1v) is 17.5. The molecular formula is C47H30N4. The molecule has 0 saturated heterocycles. The van der Waals surface area contributed by atoms with Gasteiger partial charge in [-0.1, -0.05) is 133 Å². The second-order valence-electron chi connectivity index (χ2n) is 13.6. The molecule has 0 radical (unpaired) electrons. The molecule has 2 aliphatic rings. The summed E-state index contributed by atoms with van der Waals surface area (Å²) in [6.07, 6.45) is 0.946. The highest BCUT2D eigenvalue weighted by Gasteiger charge is 2.26. The third-order valence-corrected chi connectivity index (χ3v) is 10.7. The van der Waals surface area contributed by atoms with Gasteiger partial charge >= 0.3 is 0 Å². The van der Waals surface area contributed by atoms with E-state index in [1.807, 2.05) is 60.7 Å². The molecule has 9 aromatic rings. The van der Waals surface area contributed by atoms with Gasteiger partial charge in [0.2, 0.25) is 0 Å². The minimum Gasteiger partial charge on any atom is -0.335 e. The van der Waals surface area contributed by atoms with Crippen LogP contribution in [0.25, 0.3) is 89.4 Å². The van der Waals surface area contributed by atoms with Gasteiger partial charge in [0.25, 0.3) is 0 Å². The number of hydrogen-bond acceptors (Lipinski definition) is 3. The Morgan fingerprint density at radius 2 is 0.980 bits per heavy atom. The van der Waals surface area contributed by atoms with Crippen molar-refractivity contribution in [2.24, 2.45) is 0 Å². The minimum atomic E-state index is 0.661. The van der Waals surface area contributed by atoms with Gasteiger partial charge in [0.15, 0.2) is 17.5 Å². The fourth-order valence-corrected chi connectivity index (χ4v) is 8.25. The lowest BCUT2D eigenvalue weighted by Crippen LogP contribution is -2.07. The van der Waals surface area contributed by atoms with Gasteiger partial charge in [0.1, 0.15) is 0 Å². The molecule has 0 amide bonds. The second kappa shape index (κ2) is 10.9. The van der Waals surface area contributed by atoms with E-state index >= 15 is 0 Å². The molecule has 0 unspecified atom stereocenters. The van der Waals surface area contributed by atoms with E-state index in [1.165, 1.54) is 66.3 Å². The number of rotatable bonds is 4. The monoisotopic (exact) mass is 650 g/mol. The molecule has 4 heteroatoms. The van der Waals surface area contributed by atoms with Crippen molar-refractivity contribution in [3.8, 4) is 67.5 Å². The number of para-hydroxylation sites is 1. The zero-order chi connectivity index (χ0) is 33.5. The molecule has 7 aromatic carbocycles. The summed E-state index contributed by atoms with van der Waals surface area (Å²) in [4.78, 5) is 14.9. The Labute approximate surface area is 295 Å². The third-order valence-electron chi connectivity index (χ3n) is 10.7. The van der Waals surface area contributed by atoms with Crippen LogP contribution in [0.1, 0.15) is 16.7 Å². The van der Waals surface area contributed by atoms with Crippen LogP contribution >= 0.6 is 0 Å². The van der Waals surface area contributed by atoms with E-state index in [1.54, 1.807) is 0 Å². The van der Waals surface area contributed by atoms with Crippen molar-refractivity contribution in [1.82, 2.24) is 19.5 Å². The molecule has 0 N–H and O–H groups in total. The van der Waals surface area contributed by atoms with Crippen LogP contribution in [0.3, 0.4) is 0 Å². The molecule has 4 nitrogen and oxygen atoms in total. The minimum absolute atomic E-state index is 0.661. The number of nitrogens with zero attached hydrogens (tertiary/aromatic N) is 4. The SMILES string of the molecule is c1ccc(-c2nc(-c3ccccc3)nc(-c3cccc(-c4ccc5c(c4)-c4cc6c7cccc8c7n(c6cc4C5)Cc4ccccc4-8)c3)n2)cc1. The fourth-order valence-electron chi connectivity index (χ4n) is 8.25. The predicted molar refractivity (Wildman–Crippen MR) is 207 cm³/mol. The van der Waals surface area contributed by atoms with E-state index in [4.69, 9.17) is 15.0 Å². The topological polar surface area (TPSA) is 43.6 Å². The van der Waals surface area contributed by atoms with Crippen molar-refractivity contribution in [3.63, 3.8) is 0 Å². The Balaban J connectivity index is 1.02. The Morgan fingerprint density at radius 1 is 0.373 bits per heavy atom. The highest BCUT2D eigenvalue weighted by molar-refractivity contribution is 6.15. The smallest absolute Gasteiger partial charge is 0.164 e. The molecule has 1 aliphatic heterocycles. The zero-order valence-electron chi connectivity index (χ0n) is 27.7. The van der Waals surface area contributed by atoms with Crippen molar-refractivity contribution < 1.29 is 0 Å². The average Bonchev–Trinajstić information content (AvgIpc) is 3.72. The maximum Gasteiger partial charge on any atom is 0.164 e. The van der Waals surface area contributed by atoms with Gasteiger partial charge in [-0.2, -0.15) is 0 Å². The first-order valence-electron chi connectivity index (χ1n) is 17.5. The fraction of sp³-hybridized carbons (Fsp3) is 0.0426. The normalized spacial score (nSPS) is 12.5. The van der Waals surface area contributed by atoms with Crippen molar-refractivity contribution in [3.05, 3.63) is 174 Å².